The summed E-state index contributed by atoms with van der Waals surface area (Å²) in [6.45, 7) is 4.63. The van der Waals surface area contributed by atoms with Crippen molar-refractivity contribution < 1.29 is 4.74 Å². The largest absolute Gasteiger partial charge is 0.453 e. The standard InChI is InChI=1S/C72H52N4O/c1-72(2)63-27-13-12-26-60(63)62-44-48(35-39-64(62)72)70-73-69(46-18-4-3-5-19-46)74-71(75-70)51-41-49(45-32-36-52(37-33-45)76-65-28-14-16-30-67(65)77-68-31-17-15-29-66(68)76)40-50(42-51)47-34-38-59-57-24-9-8-22-55(57)53-20-6-7-21-54(53)56-23-10-11-25-58(56)61(59)43-47/h3-44,53-55,57H,1-2H3. The van der Waals surface area contributed by atoms with Crippen molar-refractivity contribution in [3.63, 3.8) is 0 Å². The molecule has 15 rings (SSSR count). The molecule has 4 atom stereocenters. The van der Waals surface area contributed by atoms with Crippen molar-refractivity contribution in [2.75, 3.05) is 4.90 Å². The fourth-order valence-corrected chi connectivity index (χ4v) is 13.0. The monoisotopic (exact) mass is 988 g/mol. The van der Waals surface area contributed by atoms with Crippen LogP contribution in [0.3, 0.4) is 0 Å². The minimum Gasteiger partial charge on any atom is -0.453 e. The Kier molecular flexibility index (Phi) is 10.4. The van der Waals surface area contributed by atoms with E-state index in [0.717, 1.165) is 67.5 Å². The topological polar surface area (TPSA) is 51.1 Å². The van der Waals surface area contributed by atoms with E-state index in [-0.39, 0.29) is 17.3 Å². The molecule has 2 heterocycles. The van der Waals surface area contributed by atoms with E-state index < -0.39 is 0 Å². The number of ether oxygens (including phenoxy) is 1. The quantitative estimate of drug-likeness (QED) is 0.166. The summed E-state index contributed by atoms with van der Waals surface area (Å²) in [7, 11) is 0. The third-order valence-electron chi connectivity index (χ3n) is 16.7. The van der Waals surface area contributed by atoms with Gasteiger partial charge in [0, 0.05) is 39.6 Å². The number of hydrogen-bond acceptors (Lipinski definition) is 5. The van der Waals surface area contributed by atoms with Gasteiger partial charge in [0.1, 0.15) is 0 Å². The maximum Gasteiger partial charge on any atom is 0.164 e. The molecule has 0 N–H and O–H groups in total. The fourth-order valence-electron chi connectivity index (χ4n) is 13.0. The van der Waals surface area contributed by atoms with Crippen LogP contribution in [0.1, 0.15) is 47.9 Å². The summed E-state index contributed by atoms with van der Waals surface area (Å²) >= 11 is 0. The fraction of sp³-hybridized carbons (Fsp3) is 0.0972. The van der Waals surface area contributed by atoms with Gasteiger partial charge in [0.2, 0.25) is 0 Å². The maximum absolute atomic E-state index is 6.39. The molecule has 1 aromatic heterocycles. The van der Waals surface area contributed by atoms with Gasteiger partial charge in [-0.25, -0.2) is 15.0 Å². The van der Waals surface area contributed by atoms with Crippen LogP contribution >= 0.6 is 0 Å². The lowest BCUT2D eigenvalue weighted by Crippen LogP contribution is -2.27. The van der Waals surface area contributed by atoms with Gasteiger partial charge in [-0.05, 0) is 145 Å². The highest BCUT2D eigenvalue weighted by atomic mass is 16.5. The Hall–Kier alpha value is -9.45. The van der Waals surface area contributed by atoms with Crippen LogP contribution in [-0.2, 0) is 5.41 Å². The summed E-state index contributed by atoms with van der Waals surface area (Å²) in [6.07, 6.45) is 18.6. The molecule has 0 amide bonds. The Labute approximate surface area is 449 Å². The van der Waals surface area contributed by atoms with E-state index in [1.54, 1.807) is 0 Å². The summed E-state index contributed by atoms with van der Waals surface area (Å²) < 4.78 is 6.39. The van der Waals surface area contributed by atoms with Crippen molar-refractivity contribution in [2.24, 2.45) is 11.8 Å². The van der Waals surface area contributed by atoms with Gasteiger partial charge in [-0.2, -0.15) is 0 Å². The third-order valence-corrected chi connectivity index (χ3v) is 16.7. The first kappa shape index (κ1) is 45.0. The molecule has 0 saturated carbocycles. The second-order valence-electron chi connectivity index (χ2n) is 21.5. The Morgan fingerprint density at radius 1 is 0.364 bits per heavy atom. The highest BCUT2D eigenvalue weighted by Gasteiger charge is 2.38. The molecule has 4 unspecified atom stereocenters. The van der Waals surface area contributed by atoms with Gasteiger partial charge in [-0.15, -0.1) is 0 Å². The Morgan fingerprint density at radius 2 is 0.870 bits per heavy atom. The molecule has 9 aromatic carbocycles. The molecule has 10 aromatic rings. The third kappa shape index (κ3) is 7.48. The van der Waals surface area contributed by atoms with Crippen molar-refractivity contribution in [3.8, 4) is 90.2 Å². The molecule has 5 aliphatic rings. The molecule has 5 heteroatoms. The summed E-state index contributed by atoms with van der Waals surface area (Å²) in [5.74, 6) is 4.68. The predicted molar refractivity (Wildman–Crippen MR) is 314 cm³/mol. The Morgan fingerprint density at radius 3 is 1.58 bits per heavy atom. The molecule has 366 valence electrons. The number of nitrogens with zero attached hydrogens (tertiary/aromatic N) is 4. The van der Waals surface area contributed by atoms with Gasteiger partial charge in [0.25, 0.3) is 0 Å². The lowest BCUT2D eigenvalue weighted by Gasteiger charge is -2.39. The van der Waals surface area contributed by atoms with Crippen molar-refractivity contribution >= 4 is 17.1 Å². The normalized spacial score (nSPS) is 18.5. The van der Waals surface area contributed by atoms with E-state index in [2.05, 4.69) is 231 Å². The first-order valence-corrected chi connectivity index (χ1v) is 26.8. The van der Waals surface area contributed by atoms with Crippen LogP contribution in [-0.4, -0.2) is 15.0 Å². The van der Waals surface area contributed by atoms with Gasteiger partial charge < -0.3 is 9.64 Å². The predicted octanol–water partition coefficient (Wildman–Crippen LogP) is 18.4. The van der Waals surface area contributed by atoms with Crippen LogP contribution in [0.5, 0.6) is 11.5 Å². The van der Waals surface area contributed by atoms with Crippen LogP contribution in [0.15, 0.2) is 255 Å². The minimum atomic E-state index is -0.119. The number of aromatic nitrogens is 3. The van der Waals surface area contributed by atoms with Gasteiger partial charge in [0.05, 0.1) is 11.4 Å². The molecule has 0 fully saturated rings. The number of hydrogen-bond donors (Lipinski definition) is 0. The molecular weight excluding hydrogens is 937 g/mol. The average Bonchev–Trinajstić information content (AvgIpc) is 3.82. The summed E-state index contributed by atoms with van der Waals surface area (Å²) in [5, 5.41) is 0. The molecule has 0 bridgehead atoms. The molecule has 0 radical (unpaired) electrons. The summed E-state index contributed by atoms with van der Waals surface area (Å²) in [4.78, 5) is 18.3. The molecule has 0 saturated heterocycles. The van der Waals surface area contributed by atoms with E-state index >= 15 is 0 Å². The smallest absolute Gasteiger partial charge is 0.164 e. The van der Waals surface area contributed by atoms with Gasteiger partial charge in [-0.1, -0.05) is 202 Å². The number of para-hydroxylation sites is 4. The molecule has 5 nitrogen and oxygen atoms in total. The lowest BCUT2D eigenvalue weighted by molar-refractivity contribution is 0.398. The van der Waals surface area contributed by atoms with Crippen LogP contribution in [0.25, 0.3) is 78.7 Å². The van der Waals surface area contributed by atoms with E-state index in [0.29, 0.717) is 29.3 Å². The highest BCUT2D eigenvalue weighted by Crippen LogP contribution is 2.54. The van der Waals surface area contributed by atoms with Crippen LogP contribution in [0.4, 0.5) is 17.1 Å². The molecule has 0 spiro atoms. The zero-order valence-electron chi connectivity index (χ0n) is 42.8. The van der Waals surface area contributed by atoms with Gasteiger partial charge >= 0.3 is 0 Å². The molecule has 1 aliphatic heterocycles. The second kappa shape index (κ2) is 17.9. The van der Waals surface area contributed by atoms with Crippen molar-refractivity contribution in [1.82, 2.24) is 15.0 Å². The first-order chi connectivity index (χ1) is 37.9. The molecular formula is C72H52N4O. The summed E-state index contributed by atoms with van der Waals surface area (Å²) in [5.41, 5.74) is 20.4. The van der Waals surface area contributed by atoms with E-state index in [1.807, 2.05) is 42.5 Å². The van der Waals surface area contributed by atoms with Crippen molar-refractivity contribution in [1.29, 1.82) is 0 Å². The highest BCUT2D eigenvalue weighted by molar-refractivity contribution is 5.89. The SMILES string of the molecule is CC1(C)c2ccccc2-c2cc(-c3nc(-c4ccccc4)nc(-c4cc(-c5ccc(N6c7ccccc7Oc7ccccc76)cc5)cc(-c5ccc6c(c5)-c5ccccc5C5C=CC=CC5C5C=CC=CC65)c4)n3)ccc21. The van der Waals surface area contributed by atoms with E-state index in [4.69, 9.17) is 19.7 Å². The zero-order valence-corrected chi connectivity index (χ0v) is 42.8. The number of benzene rings is 9. The van der Waals surface area contributed by atoms with Gasteiger partial charge in [0.15, 0.2) is 29.0 Å². The van der Waals surface area contributed by atoms with Crippen LogP contribution in [0.2, 0.25) is 0 Å². The van der Waals surface area contributed by atoms with Gasteiger partial charge in [-0.3, -0.25) is 0 Å². The number of rotatable bonds is 6. The Balaban J connectivity index is 0.918. The first-order valence-electron chi connectivity index (χ1n) is 26.8. The van der Waals surface area contributed by atoms with Crippen molar-refractivity contribution in [2.45, 2.75) is 31.1 Å². The zero-order chi connectivity index (χ0) is 51.2. The lowest BCUT2D eigenvalue weighted by atomic mass is 9.64. The second-order valence-corrected chi connectivity index (χ2v) is 21.5. The number of anilines is 3. The molecule has 77 heavy (non-hydrogen) atoms. The number of fused-ring (bicyclic) bond motifs is 13. The van der Waals surface area contributed by atoms with Crippen molar-refractivity contribution in [3.05, 3.63) is 277 Å². The molecule has 4 aliphatic carbocycles. The maximum atomic E-state index is 6.39. The minimum absolute atomic E-state index is 0.119. The summed E-state index contributed by atoms with van der Waals surface area (Å²) in [6, 6.07) is 74.3. The average molecular weight is 989 g/mol. The Bertz CT molecular complexity index is 4100. The van der Waals surface area contributed by atoms with Crippen LogP contribution < -0.4 is 9.64 Å². The van der Waals surface area contributed by atoms with Crippen LogP contribution in [0, 0.1) is 11.8 Å². The van der Waals surface area contributed by atoms with E-state index in [1.165, 1.54) is 44.5 Å². The van der Waals surface area contributed by atoms with E-state index in [9.17, 15) is 0 Å². The number of allylic oxidation sites excluding steroid dienone is 8.